The third kappa shape index (κ3) is 8.59. The minimum atomic E-state index is -0.527. The van der Waals surface area contributed by atoms with Crippen molar-refractivity contribution in [1.82, 2.24) is 10.2 Å². The van der Waals surface area contributed by atoms with Gasteiger partial charge in [-0.2, -0.15) is 0 Å². The van der Waals surface area contributed by atoms with Crippen LogP contribution < -0.4 is 14.8 Å². The van der Waals surface area contributed by atoms with E-state index in [-0.39, 0.29) is 31.6 Å². The van der Waals surface area contributed by atoms with E-state index in [2.05, 4.69) is 5.32 Å². The lowest BCUT2D eigenvalue weighted by Crippen LogP contribution is -2.38. The maximum absolute atomic E-state index is 12.5. The maximum atomic E-state index is 12.5. The highest BCUT2D eigenvalue weighted by Crippen LogP contribution is 2.29. The highest BCUT2D eigenvalue weighted by molar-refractivity contribution is 5.90. The van der Waals surface area contributed by atoms with Crippen LogP contribution in [0.25, 0.3) is 0 Å². The molecule has 2 amide bonds. The van der Waals surface area contributed by atoms with E-state index in [0.29, 0.717) is 36.5 Å². The molecule has 8 heteroatoms. The van der Waals surface area contributed by atoms with Gasteiger partial charge in [0.2, 0.25) is 5.91 Å². The molecular weight excluding hydrogens is 460 g/mol. The number of piperidine rings is 1. The lowest BCUT2D eigenvalue weighted by molar-refractivity contribution is -0.134. The van der Waals surface area contributed by atoms with E-state index in [1.807, 2.05) is 43.0 Å². The molecule has 194 valence electrons. The number of benzene rings is 2. The van der Waals surface area contributed by atoms with Crippen molar-refractivity contribution in [1.29, 1.82) is 0 Å². The second-order valence-corrected chi connectivity index (χ2v) is 8.80. The van der Waals surface area contributed by atoms with Crippen LogP contribution in [0.2, 0.25) is 0 Å². The Kier molecular flexibility index (Phi) is 10.6. The van der Waals surface area contributed by atoms with Gasteiger partial charge in [-0.3, -0.25) is 9.59 Å². The number of aryl methyl sites for hydroxylation is 2. The molecule has 1 N–H and O–H groups in total. The highest BCUT2D eigenvalue weighted by atomic mass is 16.5. The molecule has 0 bridgehead atoms. The number of carbonyl (C=O) groups excluding carboxylic acids is 3. The van der Waals surface area contributed by atoms with Crippen LogP contribution in [0, 0.1) is 6.92 Å². The normalized spacial score (nSPS) is 13.1. The van der Waals surface area contributed by atoms with Gasteiger partial charge in [-0.25, -0.2) is 4.79 Å². The molecule has 2 aromatic rings. The van der Waals surface area contributed by atoms with E-state index in [0.717, 1.165) is 37.9 Å². The first kappa shape index (κ1) is 27.0. The fourth-order valence-corrected chi connectivity index (χ4v) is 3.92. The number of likely N-dealkylation sites (tertiary alicyclic amines) is 1. The first-order chi connectivity index (χ1) is 17.5. The summed E-state index contributed by atoms with van der Waals surface area (Å²) in [7, 11) is 0. The summed E-state index contributed by atoms with van der Waals surface area (Å²) >= 11 is 0. The molecule has 0 saturated carbocycles. The van der Waals surface area contributed by atoms with E-state index in [1.54, 1.807) is 18.2 Å². The summed E-state index contributed by atoms with van der Waals surface area (Å²) in [6, 6.07) is 12.8. The number of nitrogens with zero attached hydrogens (tertiary/aromatic N) is 1. The average Bonchev–Trinajstić information content (AvgIpc) is 2.90. The lowest BCUT2D eigenvalue weighted by atomic mass is 10.1. The molecule has 1 aliphatic heterocycles. The monoisotopic (exact) mass is 496 g/mol. The predicted molar refractivity (Wildman–Crippen MR) is 136 cm³/mol. The molecule has 1 saturated heterocycles. The second kappa shape index (κ2) is 14.1. The number of carbonyl (C=O) groups is 3. The van der Waals surface area contributed by atoms with Crippen molar-refractivity contribution >= 4 is 17.8 Å². The smallest absolute Gasteiger partial charge is 0.338 e. The Labute approximate surface area is 212 Å². The Morgan fingerprint density at radius 3 is 2.42 bits per heavy atom. The highest BCUT2D eigenvalue weighted by Gasteiger charge is 2.19. The zero-order valence-corrected chi connectivity index (χ0v) is 21.2. The molecule has 1 heterocycles. The van der Waals surface area contributed by atoms with Crippen LogP contribution in [0.15, 0.2) is 42.5 Å². The quantitative estimate of drug-likeness (QED) is 0.356. The fraction of sp³-hybridized carbons (Fsp3) is 0.464. The molecule has 36 heavy (non-hydrogen) atoms. The molecule has 0 aromatic heterocycles. The third-order valence-electron chi connectivity index (χ3n) is 5.96. The number of hydrogen-bond acceptors (Lipinski definition) is 6. The van der Waals surface area contributed by atoms with Gasteiger partial charge >= 0.3 is 5.97 Å². The minimum Gasteiger partial charge on any atom is -0.490 e. The number of ether oxygens (including phenoxy) is 3. The lowest BCUT2D eigenvalue weighted by Gasteiger charge is -2.26. The van der Waals surface area contributed by atoms with Crippen LogP contribution in [0.1, 0.15) is 54.1 Å². The predicted octanol–water partition coefficient (Wildman–Crippen LogP) is 3.69. The zero-order valence-electron chi connectivity index (χ0n) is 21.2. The largest absolute Gasteiger partial charge is 0.490 e. The van der Waals surface area contributed by atoms with Crippen LogP contribution in [-0.2, 0) is 20.7 Å². The van der Waals surface area contributed by atoms with Gasteiger partial charge in [0.15, 0.2) is 18.1 Å². The van der Waals surface area contributed by atoms with Crippen LogP contribution in [0.5, 0.6) is 11.5 Å². The van der Waals surface area contributed by atoms with Gasteiger partial charge in [0.1, 0.15) is 6.61 Å². The summed E-state index contributed by atoms with van der Waals surface area (Å²) < 4.78 is 16.6. The SMILES string of the molecule is CCOc1cc(C(=O)OCCNC(=O)CCc2ccc(C)cc2)ccc1OCC(=O)N1CCCCC1. The molecule has 0 radical (unpaired) electrons. The van der Waals surface area contributed by atoms with Crippen molar-refractivity contribution in [2.45, 2.75) is 46.0 Å². The van der Waals surface area contributed by atoms with Crippen LogP contribution in [0.4, 0.5) is 0 Å². The van der Waals surface area contributed by atoms with E-state index in [1.165, 1.54) is 5.56 Å². The Morgan fingerprint density at radius 2 is 1.69 bits per heavy atom. The van der Waals surface area contributed by atoms with Crippen LogP contribution in [0.3, 0.4) is 0 Å². The van der Waals surface area contributed by atoms with Crippen LogP contribution >= 0.6 is 0 Å². The van der Waals surface area contributed by atoms with Gasteiger partial charge in [0, 0.05) is 19.5 Å². The van der Waals surface area contributed by atoms with E-state index < -0.39 is 5.97 Å². The number of hydrogen-bond donors (Lipinski definition) is 1. The first-order valence-electron chi connectivity index (χ1n) is 12.6. The first-order valence-corrected chi connectivity index (χ1v) is 12.6. The molecule has 3 rings (SSSR count). The molecule has 8 nitrogen and oxygen atoms in total. The molecule has 0 atom stereocenters. The number of nitrogens with one attached hydrogen (secondary N) is 1. The average molecular weight is 497 g/mol. The third-order valence-corrected chi connectivity index (χ3v) is 5.96. The Bertz CT molecular complexity index is 1020. The number of rotatable bonds is 12. The summed E-state index contributed by atoms with van der Waals surface area (Å²) in [6.45, 7) is 5.97. The van der Waals surface area contributed by atoms with Crippen molar-refractivity contribution in [3.8, 4) is 11.5 Å². The Hall–Kier alpha value is -3.55. The van der Waals surface area contributed by atoms with E-state index in [9.17, 15) is 14.4 Å². The van der Waals surface area contributed by atoms with Gasteiger partial charge in [-0.1, -0.05) is 29.8 Å². The number of amides is 2. The van der Waals surface area contributed by atoms with Gasteiger partial charge in [0.25, 0.3) is 5.91 Å². The minimum absolute atomic E-state index is 0.0541. The Morgan fingerprint density at radius 1 is 0.944 bits per heavy atom. The van der Waals surface area contributed by atoms with E-state index in [4.69, 9.17) is 14.2 Å². The molecule has 2 aromatic carbocycles. The van der Waals surface area contributed by atoms with E-state index >= 15 is 0 Å². The fourth-order valence-electron chi connectivity index (χ4n) is 3.92. The van der Waals surface area contributed by atoms with Crippen molar-refractivity contribution in [2.24, 2.45) is 0 Å². The van der Waals surface area contributed by atoms with Gasteiger partial charge < -0.3 is 24.4 Å². The molecule has 1 fully saturated rings. The van der Waals surface area contributed by atoms with Gasteiger partial charge in [-0.15, -0.1) is 0 Å². The summed E-state index contributed by atoms with van der Waals surface area (Å²) in [5.41, 5.74) is 2.60. The molecular formula is C28H36N2O6. The number of esters is 1. The van der Waals surface area contributed by atoms with Crippen LogP contribution in [-0.4, -0.2) is 62.1 Å². The molecule has 0 spiro atoms. The van der Waals surface area contributed by atoms with Crippen molar-refractivity contribution in [2.75, 3.05) is 39.5 Å². The second-order valence-electron chi connectivity index (χ2n) is 8.80. The Balaban J connectivity index is 1.42. The summed E-state index contributed by atoms with van der Waals surface area (Å²) in [5.74, 6) is 0.107. The maximum Gasteiger partial charge on any atom is 0.338 e. The van der Waals surface area contributed by atoms with Crippen molar-refractivity contribution in [3.05, 3.63) is 59.2 Å². The van der Waals surface area contributed by atoms with Gasteiger partial charge in [-0.05, 0) is 63.3 Å². The molecule has 0 aliphatic carbocycles. The van der Waals surface area contributed by atoms with Gasteiger partial charge in [0.05, 0.1) is 18.7 Å². The summed E-state index contributed by atoms with van der Waals surface area (Å²) in [4.78, 5) is 38.7. The zero-order chi connectivity index (χ0) is 25.8. The molecule has 1 aliphatic rings. The standard InChI is InChI=1S/C28H36N2O6/c1-3-34-25-19-23(12-13-24(25)36-20-27(32)30-16-5-4-6-17-30)28(33)35-18-15-29-26(31)14-11-22-9-7-21(2)8-10-22/h7-10,12-13,19H,3-6,11,14-18,20H2,1-2H3,(H,29,31). The molecule has 0 unspecified atom stereocenters. The summed E-state index contributed by atoms with van der Waals surface area (Å²) in [6.07, 6.45) is 4.21. The topological polar surface area (TPSA) is 94.2 Å². The van der Waals surface area contributed by atoms with Crippen molar-refractivity contribution in [3.63, 3.8) is 0 Å². The van der Waals surface area contributed by atoms with Crippen molar-refractivity contribution < 1.29 is 28.6 Å². The summed E-state index contributed by atoms with van der Waals surface area (Å²) in [5, 5.41) is 2.77.